The topological polar surface area (TPSA) is 72.6 Å². The molecule has 19 heavy (non-hydrogen) atoms. The van der Waals surface area contributed by atoms with E-state index in [4.69, 9.17) is 10.5 Å². The smallest absolute Gasteiger partial charge is 0.237 e. The molecule has 0 aliphatic carbocycles. The first-order valence-corrected chi connectivity index (χ1v) is 7.05. The summed E-state index contributed by atoms with van der Waals surface area (Å²) >= 11 is 2.19. The van der Waals surface area contributed by atoms with Crippen molar-refractivity contribution in [3.05, 3.63) is 33.4 Å². The Kier molecular flexibility index (Phi) is 4.89. The molecule has 1 heterocycles. The van der Waals surface area contributed by atoms with Gasteiger partial charge in [-0.25, -0.2) is 0 Å². The van der Waals surface area contributed by atoms with Crippen molar-refractivity contribution in [3.63, 3.8) is 0 Å². The van der Waals surface area contributed by atoms with E-state index in [1.165, 1.54) is 0 Å². The summed E-state index contributed by atoms with van der Waals surface area (Å²) in [7, 11) is 0. The Morgan fingerprint density at radius 3 is 2.68 bits per heavy atom. The molecule has 2 N–H and O–H groups in total. The van der Waals surface area contributed by atoms with Crippen LogP contribution >= 0.6 is 22.6 Å². The monoisotopic (exact) mass is 374 g/mol. The molecule has 1 aliphatic heterocycles. The molecule has 0 radical (unpaired) electrons. The third-order valence-corrected chi connectivity index (χ3v) is 3.80. The second-order valence-corrected chi connectivity index (χ2v) is 5.64. The number of primary amides is 1. The molecule has 1 aromatic carbocycles. The predicted molar refractivity (Wildman–Crippen MR) is 78.9 cm³/mol. The number of nitrogens with two attached hydrogens (primary N) is 1. The lowest BCUT2D eigenvalue weighted by Crippen LogP contribution is -2.53. The van der Waals surface area contributed by atoms with Crippen LogP contribution < -0.4 is 5.73 Å². The van der Waals surface area contributed by atoms with E-state index in [0.717, 1.165) is 3.57 Å². The Bertz CT molecular complexity index is 475. The first kappa shape index (κ1) is 14.4. The van der Waals surface area contributed by atoms with Crippen molar-refractivity contribution in [2.24, 2.45) is 5.73 Å². The van der Waals surface area contributed by atoms with Crippen molar-refractivity contribution in [2.75, 3.05) is 26.3 Å². The highest BCUT2D eigenvalue weighted by Gasteiger charge is 2.29. The van der Waals surface area contributed by atoms with Gasteiger partial charge in [0.1, 0.15) is 6.04 Å². The maximum Gasteiger partial charge on any atom is 0.237 e. The van der Waals surface area contributed by atoms with Gasteiger partial charge in [0, 0.05) is 15.7 Å². The van der Waals surface area contributed by atoms with Crippen LogP contribution in [0, 0.1) is 3.57 Å². The average Bonchev–Trinajstić information content (AvgIpc) is 2.39. The Hall–Kier alpha value is -0.990. The minimum atomic E-state index is -0.512. The highest BCUT2D eigenvalue weighted by atomic mass is 127. The lowest BCUT2D eigenvalue weighted by Gasteiger charge is -2.32. The maximum atomic E-state index is 12.2. The highest BCUT2D eigenvalue weighted by molar-refractivity contribution is 14.1. The number of benzene rings is 1. The number of halogens is 1. The van der Waals surface area contributed by atoms with Gasteiger partial charge in [0.25, 0.3) is 0 Å². The van der Waals surface area contributed by atoms with E-state index in [1.54, 1.807) is 17.0 Å². The van der Waals surface area contributed by atoms with E-state index in [9.17, 15) is 9.59 Å². The molecular weight excluding hydrogens is 359 g/mol. The number of carbonyl (C=O) groups excluding carboxylic acids is 2. The molecule has 1 atom stereocenters. The van der Waals surface area contributed by atoms with Crippen LogP contribution in [0.4, 0.5) is 0 Å². The molecule has 1 aliphatic rings. The van der Waals surface area contributed by atoms with E-state index in [-0.39, 0.29) is 18.9 Å². The standard InChI is InChI=1S/C13H15IN2O3/c14-10-3-1-9(2-4-10)12(17)7-16-5-6-19-8-11(16)13(15)18/h1-4,11H,5-8H2,(H2,15,18). The van der Waals surface area contributed by atoms with Crippen molar-refractivity contribution in [3.8, 4) is 0 Å². The van der Waals surface area contributed by atoms with Gasteiger partial charge >= 0.3 is 0 Å². The lowest BCUT2D eigenvalue weighted by molar-refractivity contribution is -0.128. The second kappa shape index (κ2) is 6.44. The summed E-state index contributed by atoms with van der Waals surface area (Å²) in [6.07, 6.45) is 0. The van der Waals surface area contributed by atoms with Crippen LogP contribution in [0.25, 0.3) is 0 Å². The molecule has 0 bridgehead atoms. The SMILES string of the molecule is NC(=O)C1COCCN1CC(=O)c1ccc(I)cc1. The van der Waals surface area contributed by atoms with Crippen molar-refractivity contribution >= 4 is 34.3 Å². The molecule has 0 aromatic heterocycles. The second-order valence-electron chi connectivity index (χ2n) is 4.39. The predicted octanol–water partition coefficient (Wildman–Crippen LogP) is 0.660. The van der Waals surface area contributed by atoms with Gasteiger partial charge in [-0.2, -0.15) is 0 Å². The number of ether oxygens (including phenoxy) is 1. The van der Waals surface area contributed by atoms with Crippen LogP contribution in [0.15, 0.2) is 24.3 Å². The van der Waals surface area contributed by atoms with Crippen molar-refractivity contribution < 1.29 is 14.3 Å². The Morgan fingerprint density at radius 2 is 2.05 bits per heavy atom. The van der Waals surface area contributed by atoms with Crippen LogP contribution in [0.2, 0.25) is 0 Å². The first-order chi connectivity index (χ1) is 9.08. The van der Waals surface area contributed by atoms with Gasteiger partial charge in [-0.05, 0) is 34.7 Å². The van der Waals surface area contributed by atoms with Gasteiger partial charge in [-0.15, -0.1) is 0 Å². The van der Waals surface area contributed by atoms with Gasteiger partial charge in [0.15, 0.2) is 5.78 Å². The van der Waals surface area contributed by atoms with Gasteiger partial charge in [0.05, 0.1) is 19.8 Å². The zero-order chi connectivity index (χ0) is 13.8. The van der Waals surface area contributed by atoms with Gasteiger partial charge in [0.2, 0.25) is 5.91 Å². The van der Waals surface area contributed by atoms with Crippen LogP contribution in [0.1, 0.15) is 10.4 Å². The summed E-state index contributed by atoms with van der Waals surface area (Å²) in [5.41, 5.74) is 5.97. The van der Waals surface area contributed by atoms with Crippen LogP contribution in [0.3, 0.4) is 0 Å². The minimum absolute atomic E-state index is 0.00968. The number of nitrogens with zero attached hydrogens (tertiary/aromatic N) is 1. The number of Topliss-reactive ketones (excluding diaryl/α,β-unsaturated/α-hetero) is 1. The van der Waals surface area contributed by atoms with Crippen LogP contribution in [-0.4, -0.2) is 48.9 Å². The summed E-state index contributed by atoms with van der Waals surface area (Å²) in [5, 5.41) is 0. The molecule has 5 nitrogen and oxygen atoms in total. The lowest BCUT2D eigenvalue weighted by atomic mass is 10.1. The Labute approximate surface area is 125 Å². The maximum absolute atomic E-state index is 12.2. The largest absolute Gasteiger partial charge is 0.378 e. The highest BCUT2D eigenvalue weighted by Crippen LogP contribution is 2.11. The fourth-order valence-corrected chi connectivity index (χ4v) is 2.36. The Balaban J connectivity index is 2.04. The molecule has 6 heteroatoms. The average molecular weight is 374 g/mol. The van der Waals surface area contributed by atoms with E-state index < -0.39 is 11.9 Å². The number of carbonyl (C=O) groups is 2. The number of ketones is 1. The fraction of sp³-hybridized carbons (Fsp3) is 0.385. The minimum Gasteiger partial charge on any atom is -0.378 e. The van der Waals surface area contributed by atoms with E-state index in [2.05, 4.69) is 22.6 Å². The van der Waals surface area contributed by atoms with E-state index in [0.29, 0.717) is 18.7 Å². The third kappa shape index (κ3) is 3.74. The fourth-order valence-electron chi connectivity index (χ4n) is 2.00. The summed E-state index contributed by atoms with van der Waals surface area (Å²) in [6.45, 7) is 1.51. The summed E-state index contributed by atoms with van der Waals surface area (Å²) in [4.78, 5) is 25.3. The molecule has 0 saturated carbocycles. The summed E-state index contributed by atoms with van der Waals surface area (Å²) < 4.78 is 6.30. The van der Waals surface area contributed by atoms with Crippen molar-refractivity contribution in [1.29, 1.82) is 0 Å². The van der Waals surface area contributed by atoms with E-state index >= 15 is 0 Å². The molecule has 1 amide bonds. The zero-order valence-electron chi connectivity index (χ0n) is 10.3. The van der Waals surface area contributed by atoms with E-state index in [1.807, 2.05) is 12.1 Å². The van der Waals surface area contributed by atoms with Gasteiger partial charge in [-0.1, -0.05) is 12.1 Å². The zero-order valence-corrected chi connectivity index (χ0v) is 12.5. The van der Waals surface area contributed by atoms with Crippen molar-refractivity contribution in [1.82, 2.24) is 4.90 Å². The molecule has 102 valence electrons. The van der Waals surface area contributed by atoms with Crippen LogP contribution in [0.5, 0.6) is 0 Å². The quantitative estimate of drug-likeness (QED) is 0.621. The molecular formula is C13H15IN2O3. The molecule has 1 saturated heterocycles. The third-order valence-electron chi connectivity index (χ3n) is 3.08. The first-order valence-electron chi connectivity index (χ1n) is 5.98. The number of morpholine rings is 1. The summed E-state index contributed by atoms with van der Waals surface area (Å²) in [6, 6.07) is 6.85. The summed E-state index contributed by atoms with van der Waals surface area (Å²) in [5.74, 6) is -0.459. The number of amides is 1. The molecule has 1 aromatic rings. The molecule has 1 fully saturated rings. The van der Waals surface area contributed by atoms with Crippen LogP contribution in [-0.2, 0) is 9.53 Å². The number of hydrogen-bond acceptors (Lipinski definition) is 4. The normalized spacial score (nSPS) is 20.2. The van der Waals surface area contributed by atoms with Gasteiger partial charge < -0.3 is 10.5 Å². The number of hydrogen-bond donors (Lipinski definition) is 1. The Morgan fingerprint density at radius 1 is 1.37 bits per heavy atom. The molecule has 2 rings (SSSR count). The molecule has 1 unspecified atom stereocenters. The van der Waals surface area contributed by atoms with Crippen molar-refractivity contribution in [2.45, 2.75) is 6.04 Å². The number of rotatable bonds is 4. The van der Waals surface area contributed by atoms with Gasteiger partial charge in [-0.3, -0.25) is 14.5 Å². The molecule has 0 spiro atoms.